The summed E-state index contributed by atoms with van der Waals surface area (Å²) in [5.41, 5.74) is 2.06. The summed E-state index contributed by atoms with van der Waals surface area (Å²) >= 11 is 0. The molecule has 4 aromatic rings. The monoisotopic (exact) mass is 430 g/mol. The fraction of sp³-hybridized carbons (Fsp3) is 0.190. The molecule has 0 radical (unpaired) electrons. The highest BCUT2D eigenvalue weighted by molar-refractivity contribution is 5.58. The van der Waals surface area contributed by atoms with Crippen LogP contribution >= 0.6 is 0 Å². The number of ether oxygens (including phenoxy) is 2. The van der Waals surface area contributed by atoms with Crippen LogP contribution in [-0.2, 0) is 6.54 Å². The Morgan fingerprint density at radius 2 is 1.65 bits per heavy atom. The van der Waals surface area contributed by atoms with Crippen molar-refractivity contribution in [3.05, 3.63) is 66.1 Å². The van der Waals surface area contributed by atoms with Crippen molar-refractivity contribution in [3.8, 4) is 34.5 Å². The van der Waals surface area contributed by atoms with E-state index in [1.807, 2.05) is 35.8 Å². The first kappa shape index (κ1) is 20.5. The molecule has 0 amide bonds. The molecular weight excluding hydrogens is 413 g/mol. The lowest BCUT2D eigenvalue weighted by molar-refractivity contribution is -0.274. The van der Waals surface area contributed by atoms with Crippen LogP contribution < -0.4 is 9.47 Å². The number of hydrogen-bond donors (Lipinski definition) is 0. The predicted octanol–water partition coefficient (Wildman–Crippen LogP) is 4.86. The maximum absolute atomic E-state index is 12.3. The topological polar surface area (TPSA) is 75.2 Å². The molecule has 0 atom stereocenters. The van der Waals surface area contributed by atoms with Crippen molar-refractivity contribution in [2.75, 3.05) is 7.11 Å². The molecule has 0 fully saturated rings. The van der Waals surface area contributed by atoms with Crippen molar-refractivity contribution in [2.45, 2.75) is 19.8 Å². The third-order valence-corrected chi connectivity index (χ3v) is 4.48. The van der Waals surface area contributed by atoms with Crippen LogP contribution in [0.5, 0.6) is 11.5 Å². The van der Waals surface area contributed by atoms with Crippen molar-refractivity contribution >= 4 is 0 Å². The number of halogens is 3. The summed E-state index contributed by atoms with van der Waals surface area (Å²) in [4.78, 5) is 8.78. The maximum atomic E-state index is 12.3. The van der Waals surface area contributed by atoms with Gasteiger partial charge in [0.15, 0.2) is 0 Å². The van der Waals surface area contributed by atoms with Crippen LogP contribution in [-0.4, -0.2) is 33.2 Å². The first-order valence-electron chi connectivity index (χ1n) is 9.18. The van der Waals surface area contributed by atoms with E-state index in [1.54, 1.807) is 13.3 Å². The Labute approximate surface area is 175 Å². The third-order valence-electron chi connectivity index (χ3n) is 4.48. The van der Waals surface area contributed by atoms with E-state index in [1.165, 1.54) is 24.3 Å². The van der Waals surface area contributed by atoms with Crippen LogP contribution in [0.15, 0.2) is 59.3 Å². The van der Waals surface area contributed by atoms with E-state index < -0.39 is 6.36 Å². The number of alkyl halides is 3. The molecule has 10 heteroatoms. The highest BCUT2D eigenvalue weighted by Crippen LogP contribution is 2.27. The summed E-state index contributed by atoms with van der Waals surface area (Å²) in [6, 6.07) is 12.9. The maximum Gasteiger partial charge on any atom is 0.573 e. The van der Waals surface area contributed by atoms with Gasteiger partial charge in [-0.25, -0.2) is 4.98 Å². The van der Waals surface area contributed by atoms with Crippen molar-refractivity contribution in [1.82, 2.24) is 19.7 Å². The number of rotatable bonds is 6. The van der Waals surface area contributed by atoms with Gasteiger partial charge in [0.05, 0.1) is 7.11 Å². The number of benzene rings is 2. The molecule has 0 aliphatic rings. The van der Waals surface area contributed by atoms with Gasteiger partial charge in [-0.3, -0.25) is 0 Å². The Morgan fingerprint density at radius 3 is 2.29 bits per heavy atom. The zero-order chi connectivity index (χ0) is 22.0. The van der Waals surface area contributed by atoms with Crippen molar-refractivity contribution in [3.63, 3.8) is 0 Å². The second kappa shape index (κ2) is 8.13. The second-order valence-electron chi connectivity index (χ2n) is 6.64. The molecule has 0 N–H and O–H groups in total. The van der Waals surface area contributed by atoms with Crippen LogP contribution in [0.4, 0.5) is 13.2 Å². The highest BCUT2D eigenvalue weighted by Gasteiger charge is 2.31. The fourth-order valence-corrected chi connectivity index (χ4v) is 2.95. The molecule has 0 saturated carbocycles. The average Bonchev–Trinajstić information content (AvgIpc) is 3.35. The predicted molar refractivity (Wildman–Crippen MR) is 104 cm³/mol. The van der Waals surface area contributed by atoms with Crippen LogP contribution in [0.2, 0.25) is 0 Å². The summed E-state index contributed by atoms with van der Waals surface area (Å²) < 4.78 is 53.1. The Balaban J connectivity index is 1.50. The molecule has 0 unspecified atom stereocenters. The van der Waals surface area contributed by atoms with E-state index in [0.717, 1.165) is 17.1 Å². The van der Waals surface area contributed by atoms with Crippen LogP contribution in [0.3, 0.4) is 0 Å². The van der Waals surface area contributed by atoms with Gasteiger partial charge in [-0.1, -0.05) is 17.3 Å². The van der Waals surface area contributed by atoms with E-state index in [2.05, 4.69) is 19.9 Å². The van der Waals surface area contributed by atoms with Crippen LogP contribution in [0, 0.1) is 6.92 Å². The number of imidazole rings is 1. The zero-order valence-electron chi connectivity index (χ0n) is 16.6. The molecule has 31 heavy (non-hydrogen) atoms. The number of aryl methyl sites for hydroxylation is 1. The van der Waals surface area contributed by atoms with Gasteiger partial charge in [-0.05, 0) is 48.9 Å². The fourth-order valence-electron chi connectivity index (χ4n) is 2.95. The lowest BCUT2D eigenvalue weighted by Gasteiger charge is -2.08. The Hall–Kier alpha value is -3.82. The van der Waals surface area contributed by atoms with Gasteiger partial charge in [-0.2, -0.15) is 4.98 Å². The minimum Gasteiger partial charge on any atom is -0.497 e. The van der Waals surface area contributed by atoms with Crippen molar-refractivity contribution < 1.29 is 27.2 Å². The number of aromatic nitrogens is 4. The largest absolute Gasteiger partial charge is 0.573 e. The first-order chi connectivity index (χ1) is 14.8. The van der Waals surface area contributed by atoms with Gasteiger partial charge in [0.1, 0.15) is 23.0 Å². The summed E-state index contributed by atoms with van der Waals surface area (Å²) in [6.45, 7) is 2.47. The van der Waals surface area contributed by atoms with E-state index >= 15 is 0 Å². The van der Waals surface area contributed by atoms with E-state index in [9.17, 15) is 13.2 Å². The van der Waals surface area contributed by atoms with Gasteiger partial charge in [0, 0.05) is 18.3 Å². The molecule has 4 rings (SSSR count). The smallest absolute Gasteiger partial charge is 0.497 e. The molecule has 0 saturated heterocycles. The number of hydrogen-bond acceptors (Lipinski definition) is 6. The van der Waals surface area contributed by atoms with Crippen LogP contribution in [0.25, 0.3) is 23.0 Å². The van der Waals surface area contributed by atoms with Gasteiger partial charge >= 0.3 is 6.36 Å². The average molecular weight is 430 g/mol. The summed E-state index contributed by atoms with van der Waals surface area (Å²) in [6.07, 6.45) is -2.94. The standard InChI is InChI=1S/C21H17F3N4O3/c1-13-25-18(12-28(13)11-14-3-7-16(29-2)8-4-14)20-26-19(27-31-20)15-5-9-17(10-6-15)30-21(22,23)24/h3-10,12H,11H2,1-2H3. The van der Waals surface area contributed by atoms with Gasteiger partial charge in [0.25, 0.3) is 5.89 Å². The number of methoxy groups -OCH3 is 1. The minimum atomic E-state index is -4.75. The summed E-state index contributed by atoms with van der Waals surface area (Å²) in [5, 5.41) is 3.90. The van der Waals surface area contributed by atoms with Crippen molar-refractivity contribution in [1.29, 1.82) is 0 Å². The molecule has 0 aliphatic carbocycles. The zero-order valence-corrected chi connectivity index (χ0v) is 16.6. The van der Waals surface area contributed by atoms with E-state index in [-0.39, 0.29) is 17.5 Å². The normalized spacial score (nSPS) is 11.5. The van der Waals surface area contributed by atoms with Crippen LogP contribution in [0.1, 0.15) is 11.4 Å². The minimum absolute atomic E-state index is 0.210. The molecule has 0 bridgehead atoms. The lowest BCUT2D eigenvalue weighted by Crippen LogP contribution is -2.16. The highest BCUT2D eigenvalue weighted by atomic mass is 19.4. The Kier molecular flexibility index (Phi) is 5.37. The van der Waals surface area contributed by atoms with Gasteiger partial charge in [0.2, 0.25) is 5.82 Å². The van der Waals surface area contributed by atoms with Gasteiger partial charge in [-0.15, -0.1) is 13.2 Å². The summed E-state index contributed by atoms with van der Waals surface area (Å²) in [5.74, 6) is 1.66. The molecule has 160 valence electrons. The molecular formula is C21H17F3N4O3. The Morgan fingerprint density at radius 1 is 0.968 bits per heavy atom. The lowest BCUT2D eigenvalue weighted by atomic mass is 10.2. The molecule has 0 aliphatic heterocycles. The quantitative estimate of drug-likeness (QED) is 0.435. The Bertz CT molecular complexity index is 1170. The molecule has 0 spiro atoms. The third kappa shape index (κ3) is 4.85. The molecule has 2 aromatic heterocycles. The second-order valence-corrected chi connectivity index (χ2v) is 6.64. The van der Waals surface area contributed by atoms with E-state index in [0.29, 0.717) is 17.8 Å². The number of nitrogens with zero attached hydrogens (tertiary/aromatic N) is 4. The SMILES string of the molecule is COc1ccc(Cn2cc(-c3nc(-c4ccc(OC(F)(F)F)cc4)no3)nc2C)cc1. The molecule has 7 nitrogen and oxygen atoms in total. The molecule has 2 aromatic carbocycles. The summed E-state index contributed by atoms with van der Waals surface area (Å²) in [7, 11) is 1.62. The first-order valence-corrected chi connectivity index (χ1v) is 9.18. The van der Waals surface area contributed by atoms with Crippen molar-refractivity contribution in [2.24, 2.45) is 0 Å². The van der Waals surface area contributed by atoms with E-state index in [4.69, 9.17) is 9.26 Å². The molecule has 2 heterocycles. The van der Waals surface area contributed by atoms with Gasteiger partial charge < -0.3 is 18.6 Å².